The summed E-state index contributed by atoms with van der Waals surface area (Å²) in [6.07, 6.45) is 13.9. The van der Waals surface area contributed by atoms with Crippen molar-refractivity contribution < 1.29 is 5.11 Å². The summed E-state index contributed by atoms with van der Waals surface area (Å²) in [7, 11) is 0. The van der Waals surface area contributed by atoms with Crippen molar-refractivity contribution in [2.45, 2.75) is 77.7 Å². The zero-order chi connectivity index (χ0) is 17.3. The van der Waals surface area contributed by atoms with E-state index < -0.39 is 0 Å². The van der Waals surface area contributed by atoms with Crippen LogP contribution in [-0.2, 0) is 6.54 Å². The van der Waals surface area contributed by atoms with Gasteiger partial charge in [-0.25, -0.2) is 0 Å². The van der Waals surface area contributed by atoms with Gasteiger partial charge in [-0.2, -0.15) is 0 Å². The molecule has 0 bridgehead atoms. The normalized spacial score (nSPS) is 11.0. The number of rotatable bonds is 16. The van der Waals surface area contributed by atoms with Gasteiger partial charge in [0.25, 0.3) is 0 Å². The van der Waals surface area contributed by atoms with Crippen LogP contribution in [0.25, 0.3) is 0 Å². The van der Waals surface area contributed by atoms with Gasteiger partial charge in [-0.3, -0.25) is 0 Å². The maximum Gasteiger partial charge on any atom is 0.120 e. The summed E-state index contributed by atoms with van der Waals surface area (Å²) < 4.78 is 0. The molecule has 24 heavy (non-hydrogen) atoms. The second-order valence-electron chi connectivity index (χ2n) is 6.74. The van der Waals surface area contributed by atoms with Gasteiger partial charge in [-0.1, -0.05) is 82.9 Å². The average Bonchev–Trinajstić information content (AvgIpc) is 2.60. The maximum absolute atomic E-state index is 9.67. The van der Waals surface area contributed by atoms with Crippen LogP contribution in [0, 0.1) is 0 Å². The fraction of sp³-hybridized carbons (Fsp3) is 0.714. The van der Waals surface area contributed by atoms with E-state index in [9.17, 15) is 5.11 Å². The molecule has 0 aliphatic rings. The molecule has 138 valence electrons. The predicted molar refractivity (Wildman–Crippen MR) is 105 cm³/mol. The fourth-order valence-corrected chi connectivity index (χ4v) is 2.92. The molecule has 0 aromatic heterocycles. The first kappa shape index (κ1) is 21.0. The Kier molecular flexibility index (Phi) is 13.5. The smallest absolute Gasteiger partial charge is 0.120 e. The van der Waals surface area contributed by atoms with Crippen molar-refractivity contribution in [3.8, 4) is 5.75 Å². The Bertz CT molecular complexity index is 395. The summed E-state index contributed by atoms with van der Waals surface area (Å²) in [5.41, 5.74) is 0.965. The third kappa shape index (κ3) is 11.5. The van der Waals surface area contributed by atoms with Gasteiger partial charge in [0.2, 0.25) is 0 Å². The number of unbranched alkanes of at least 4 members (excludes halogenated alkanes) is 9. The first-order chi connectivity index (χ1) is 11.8. The van der Waals surface area contributed by atoms with E-state index in [0.717, 1.165) is 31.7 Å². The second kappa shape index (κ2) is 15.5. The molecule has 3 heteroatoms. The highest BCUT2D eigenvalue weighted by Crippen LogP contribution is 2.14. The van der Waals surface area contributed by atoms with Crippen molar-refractivity contribution >= 4 is 0 Å². The average molecular weight is 335 g/mol. The molecule has 0 heterocycles. The van der Waals surface area contributed by atoms with Crippen LogP contribution in [0.15, 0.2) is 24.3 Å². The molecule has 3 N–H and O–H groups in total. The molecule has 0 spiro atoms. The van der Waals surface area contributed by atoms with Crippen molar-refractivity contribution in [3.63, 3.8) is 0 Å². The second-order valence-corrected chi connectivity index (χ2v) is 6.74. The number of para-hydroxylation sites is 1. The van der Waals surface area contributed by atoms with Gasteiger partial charge in [0, 0.05) is 25.2 Å². The Morgan fingerprint density at radius 2 is 1.29 bits per heavy atom. The molecule has 3 nitrogen and oxygen atoms in total. The lowest BCUT2D eigenvalue weighted by atomic mass is 10.1. The Balaban J connectivity index is 1.77. The summed E-state index contributed by atoms with van der Waals surface area (Å²) in [5, 5.41) is 16.5. The van der Waals surface area contributed by atoms with Gasteiger partial charge in [0.05, 0.1) is 0 Å². The van der Waals surface area contributed by atoms with Crippen LogP contribution in [-0.4, -0.2) is 24.7 Å². The lowest BCUT2D eigenvalue weighted by molar-refractivity contribution is 0.464. The highest BCUT2D eigenvalue weighted by molar-refractivity contribution is 5.31. The quantitative estimate of drug-likeness (QED) is 0.373. The van der Waals surface area contributed by atoms with Gasteiger partial charge < -0.3 is 15.7 Å². The zero-order valence-electron chi connectivity index (χ0n) is 15.7. The molecule has 1 rings (SSSR count). The Morgan fingerprint density at radius 3 is 1.96 bits per heavy atom. The highest BCUT2D eigenvalue weighted by atomic mass is 16.3. The number of benzene rings is 1. The van der Waals surface area contributed by atoms with E-state index in [1.165, 1.54) is 64.2 Å². The summed E-state index contributed by atoms with van der Waals surface area (Å²) in [4.78, 5) is 0. The molecule has 0 saturated heterocycles. The van der Waals surface area contributed by atoms with E-state index in [-0.39, 0.29) is 0 Å². The lowest BCUT2D eigenvalue weighted by Crippen LogP contribution is -2.27. The molecule has 0 amide bonds. The molecule has 0 saturated carbocycles. The molecular weight excluding hydrogens is 296 g/mol. The summed E-state index contributed by atoms with van der Waals surface area (Å²) in [5.74, 6) is 0.378. The molecule has 0 radical (unpaired) electrons. The fourth-order valence-electron chi connectivity index (χ4n) is 2.92. The van der Waals surface area contributed by atoms with Gasteiger partial charge in [-0.05, 0) is 19.0 Å². The molecule has 0 atom stereocenters. The molecule has 0 aliphatic heterocycles. The van der Waals surface area contributed by atoms with Crippen molar-refractivity contribution in [3.05, 3.63) is 29.8 Å². The van der Waals surface area contributed by atoms with E-state index >= 15 is 0 Å². The molecule has 0 unspecified atom stereocenters. The van der Waals surface area contributed by atoms with Crippen LogP contribution in [0.3, 0.4) is 0 Å². The minimum Gasteiger partial charge on any atom is -0.508 e. The molecule has 1 aromatic carbocycles. The van der Waals surface area contributed by atoms with Crippen molar-refractivity contribution in [2.24, 2.45) is 0 Å². The van der Waals surface area contributed by atoms with Crippen LogP contribution >= 0.6 is 0 Å². The standard InChI is InChI=1S/C21H38N2O/c1-2-3-4-5-6-7-8-9-10-13-16-22-17-18-23-19-20-14-11-12-15-21(20)24/h11-12,14-15,22-24H,2-10,13,16-19H2,1H3. The molecule has 0 aliphatic carbocycles. The van der Waals surface area contributed by atoms with Crippen LogP contribution in [0.5, 0.6) is 5.75 Å². The number of phenols is 1. The topological polar surface area (TPSA) is 44.3 Å². The van der Waals surface area contributed by atoms with E-state index in [2.05, 4.69) is 17.6 Å². The molecule has 1 aromatic rings. The van der Waals surface area contributed by atoms with Crippen LogP contribution in [0.2, 0.25) is 0 Å². The first-order valence-electron chi connectivity index (χ1n) is 10.0. The lowest BCUT2D eigenvalue weighted by Gasteiger charge is -2.08. The molecular formula is C21H38N2O. The largest absolute Gasteiger partial charge is 0.508 e. The zero-order valence-corrected chi connectivity index (χ0v) is 15.7. The number of hydrogen-bond acceptors (Lipinski definition) is 3. The van der Waals surface area contributed by atoms with E-state index in [1.54, 1.807) is 6.07 Å². The van der Waals surface area contributed by atoms with E-state index in [0.29, 0.717) is 5.75 Å². The van der Waals surface area contributed by atoms with Gasteiger partial charge in [0.1, 0.15) is 5.75 Å². The minimum absolute atomic E-state index is 0.378. The third-order valence-electron chi connectivity index (χ3n) is 4.49. The molecule has 0 fully saturated rings. The third-order valence-corrected chi connectivity index (χ3v) is 4.49. The summed E-state index contributed by atoms with van der Waals surface area (Å²) in [6, 6.07) is 7.51. The number of phenolic OH excluding ortho intramolecular Hbond substituents is 1. The predicted octanol–water partition coefficient (Wildman–Crippen LogP) is 4.99. The van der Waals surface area contributed by atoms with Gasteiger partial charge in [0.15, 0.2) is 0 Å². The SMILES string of the molecule is CCCCCCCCCCCCNCCNCc1ccccc1O. The highest BCUT2D eigenvalue weighted by Gasteiger charge is 1.98. The Labute approximate surface area is 149 Å². The van der Waals surface area contributed by atoms with Crippen LogP contribution in [0.1, 0.15) is 76.7 Å². The Hall–Kier alpha value is -1.06. The van der Waals surface area contributed by atoms with Gasteiger partial charge in [-0.15, -0.1) is 0 Å². The van der Waals surface area contributed by atoms with E-state index in [1.807, 2.05) is 18.2 Å². The van der Waals surface area contributed by atoms with Crippen molar-refractivity contribution in [1.82, 2.24) is 10.6 Å². The van der Waals surface area contributed by atoms with Crippen molar-refractivity contribution in [1.29, 1.82) is 0 Å². The summed E-state index contributed by atoms with van der Waals surface area (Å²) in [6.45, 7) is 6.05. The minimum atomic E-state index is 0.378. The number of nitrogens with one attached hydrogen (secondary N) is 2. The van der Waals surface area contributed by atoms with Crippen LogP contribution in [0.4, 0.5) is 0 Å². The van der Waals surface area contributed by atoms with E-state index in [4.69, 9.17) is 0 Å². The first-order valence-corrected chi connectivity index (χ1v) is 10.0. The summed E-state index contributed by atoms with van der Waals surface area (Å²) >= 11 is 0. The van der Waals surface area contributed by atoms with Crippen molar-refractivity contribution in [2.75, 3.05) is 19.6 Å². The number of aromatic hydroxyl groups is 1. The van der Waals surface area contributed by atoms with Crippen LogP contribution < -0.4 is 10.6 Å². The monoisotopic (exact) mass is 334 g/mol. The maximum atomic E-state index is 9.67. The Morgan fingerprint density at radius 1 is 0.708 bits per heavy atom. The number of hydrogen-bond donors (Lipinski definition) is 3. The van der Waals surface area contributed by atoms with Gasteiger partial charge >= 0.3 is 0 Å².